The minimum atomic E-state index is -0.466. The fourth-order valence-corrected chi connectivity index (χ4v) is 2.51. The SMILES string of the molecule is CCCCCCCC(O)CC(=O)c1cccs1. The Morgan fingerprint density at radius 2 is 2.12 bits per heavy atom. The molecule has 0 radical (unpaired) electrons. The van der Waals surface area contributed by atoms with E-state index < -0.39 is 6.10 Å². The van der Waals surface area contributed by atoms with Crippen molar-refractivity contribution in [3.63, 3.8) is 0 Å². The number of aliphatic hydroxyl groups excluding tert-OH is 1. The molecule has 1 aromatic heterocycles. The van der Waals surface area contributed by atoms with Gasteiger partial charge in [-0.2, -0.15) is 0 Å². The number of unbranched alkanes of at least 4 members (excludes halogenated alkanes) is 4. The first-order chi connectivity index (χ1) is 8.24. The van der Waals surface area contributed by atoms with Gasteiger partial charge in [0.2, 0.25) is 0 Å². The van der Waals surface area contributed by atoms with Crippen molar-refractivity contribution in [2.45, 2.75) is 58.0 Å². The van der Waals surface area contributed by atoms with E-state index in [2.05, 4.69) is 6.92 Å². The predicted octanol–water partition coefficient (Wildman–Crippen LogP) is 4.04. The molecule has 0 spiro atoms. The minimum Gasteiger partial charge on any atom is -0.393 e. The summed E-state index contributed by atoms with van der Waals surface area (Å²) in [4.78, 5) is 12.5. The summed E-state index contributed by atoms with van der Waals surface area (Å²) in [6, 6.07) is 3.69. The molecule has 1 unspecified atom stereocenters. The van der Waals surface area contributed by atoms with Gasteiger partial charge in [0.15, 0.2) is 5.78 Å². The number of rotatable bonds is 9. The van der Waals surface area contributed by atoms with Gasteiger partial charge in [-0.3, -0.25) is 4.79 Å². The lowest BCUT2D eigenvalue weighted by molar-refractivity contribution is 0.0868. The Bertz CT molecular complexity index is 306. The van der Waals surface area contributed by atoms with Crippen LogP contribution < -0.4 is 0 Å². The second-order valence-corrected chi connectivity index (χ2v) is 5.41. The van der Waals surface area contributed by atoms with Crippen molar-refractivity contribution in [1.29, 1.82) is 0 Å². The molecule has 0 aromatic carbocycles. The summed E-state index contributed by atoms with van der Waals surface area (Å²) in [6.45, 7) is 2.19. The number of Topliss-reactive ketones (excluding diaryl/α,β-unsaturated/α-hetero) is 1. The molecule has 1 heterocycles. The van der Waals surface area contributed by atoms with Crippen molar-refractivity contribution in [2.75, 3.05) is 0 Å². The Kier molecular flexibility index (Phi) is 7.13. The Labute approximate surface area is 108 Å². The zero-order chi connectivity index (χ0) is 12.5. The summed E-state index contributed by atoms with van der Waals surface area (Å²) in [5.41, 5.74) is 0. The molecule has 0 fully saturated rings. The van der Waals surface area contributed by atoms with Crippen LogP contribution in [-0.2, 0) is 0 Å². The predicted molar refractivity (Wildman–Crippen MR) is 72.6 cm³/mol. The van der Waals surface area contributed by atoms with Gasteiger partial charge < -0.3 is 5.11 Å². The number of aliphatic hydroxyl groups is 1. The van der Waals surface area contributed by atoms with E-state index in [1.807, 2.05) is 17.5 Å². The minimum absolute atomic E-state index is 0.0704. The van der Waals surface area contributed by atoms with Crippen LogP contribution in [0, 0.1) is 0 Å². The molecule has 2 nitrogen and oxygen atoms in total. The van der Waals surface area contributed by atoms with Gasteiger partial charge >= 0.3 is 0 Å². The first-order valence-corrected chi connectivity index (χ1v) is 7.36. The maximum absolute atomic E-state index is 11.7. The van der Waals surface area contributed by atoms with Crippen molar-refractivity contribution in [3.8, 4) is 0 Å². The third kappa shape index (κ3) is 5.99. The maximum atomic E-state index is 11.7. The topological polar surface area (TPSA) is 37.3 Å². The highest BCUT2D eigenvalue weighted by Gasteiger charge is 2.12. The van der Waals surface area contributed by atoms with E-state index >= 15 is 0 Å². The summed E-state index contributed by atoms with van der Waals surface area (Å²) in [5.74, 6) is 0.0704. The van der Waals surface area contributed by atoms with Crippen LogP contribution >= 0.6 is 11.3 Å². The molecule has 0 amide bonds. The molecule has 0 aliphatic carbocycles. The third-order valence-electron chi connectivity index (χ3n) is 2.86. The Morgan fingerprint density at radius 3 is 2.76 bits per heavy atom. The van der Waals surface area contributed by atoms with Gasteiger partial charge in [-0.15, -0.1) is 11.3 Å². The molecule has 0 aliphatic rings. The summed E-state index contributed by atoms with van der Waals surface area (Å²) in [7, 11) is 0. The molecule has 17 heavy (non-hydrogen) atoms. The average molecular weight is 254 g/mol. The normalized spacial score (nSPS) is 12.6. The molecule has 0 saturated carbocycles. The van der Waals surface area contributed by atoms with Crippen LogP contribution in [0.15, 0.2) is 17.5 Å². The fourth-order valence-electron chi connectivity index (χ4n) is 1.84. The summed E-state index contributed by atoms with van der Waals surface area (Å²) in [6.07, 6.45) is 6.49. The summed E-state index contributed by atoms with van der Waals surface area (Å²) < 4.78 is 0. The van der Waals surface area contributed by atoms with Crippen LogP contribution in [0.1, 0.15) is 61.5 Å². The first kappa shape index (κ1) is 14.4. The largest absolute Gasteiger partial charge is 0.393 e. The molecule has 0 saturated heterocycles. The third-order valence-corrected chi connectivity index (χ3v) is 3.77. The smallest absolute Gasteiger partial charge is 0.175 e. The van der Waals surface area contributed by atoms with E-state index in [0.29, 0.717) is 0 Å². The zero-order valence-electron chi connectivity index (χ0n) is 10.5. The van der Waals surface area contributed by atoms with Crippen LogP contribution in [-0.4, -0.2) is 17.0 Å². The van der Waals surface area contributed by atoms with Gasteiger partial charge in [0, 0.05) is 6.42 Å². The van der Waals surface area contributed by atoms with E-state index in [0.717, 1.165) is 24.1 Å². The molecular formula is C14H22O2S. The number of hydrogen-bond acceptors (Lipinski definition) is 3. The molecule has 1 rings (SSSR count). The van der Waals surface area contributed by atoms with Crippen LogP contribution in [0.4, 0.5) is 0 Å². The fraction of sp³-hybridized carbons (Fsp3) is 0.643. The zero-order valence-corrected chi connectivity index (χ0v) is 11.3. The van der Waals surface area contributed by atoms with Crippen molar-refractivity contribution < 1.29 is 9.90 Å². The van der Waals surface area contributed by atoms with Crippen LogP contribution in [0.3, 0.4) is 0 Å². The van der Waals surface area contributed by atoms with E-state index in [9.17, 15) is 9.90 Å². The highest BCUT2D eigenvalue weighted by Crippen LogP contribution is 2.15. The van der Waals surface area contributed by atoms with Gasteiger partial charge in [-0.05, 0) is 17.9 Å². The standard InChI is InChI=1S/C14H22O2S/c1-2-3-4-5-6-8-12(15)11-13(16)14-9-7-10-17-14/h7,9-10,12,15H,2-6,8,11H2,1H3. The first-order valence-electron chi connectivity index (χ1n) is 6.48. The van der Waals surface area contributed by atoms with Crippen LogP contribution in [0.25, 0.3) is 0 Å². The van der Waals surface area contributed by atoms with Gasteiger partial charge in [-0.25, -0.2) is 0 Å². The monoisotopic (exact) mass is 254 g/mol. The molecule has 1 aromatic rings. The maximum Gasteiger partial charge on any atom is 0.175 e. The van der Waals surface area contributed by atoms with E-state index in [1.54, 1.807) is 0 Å². The lowest BCUT2D eigenvalue weighted by atomic mass is 10.0. The molecule has 3 heteroatoms. The molecule has 1 N–H and O–H groups in total. The van der Waals surface area contributed by atoms with Crippen molar-refractivity contribution in [2.24, 2.45) is 0 Å². The number of thiophene rings is 1. The lowest BCUT2D eigenvalue weighted by Gasteiger charge is -2.08. The molecule has 0 aliphatic heterocycles. The number of hydrogen-bond donors (Lipinski definition) is 1. The quantitative estimate of drug-likeness (QED) is 0.533. The van der Waals surface area contributed by atoms with Gasteiger partial charge in [0.05, 0.1) is 11.0 Å². The van der Waals surface area contributed by atoms with E-state index in [4.69, 9.17) is 0 Å². The van der Waals surface area contributed by atoms with Crippen LogP contribution in [0.5, 0.6) is 0 Å². The molecular weight excluding hydrogens is 232 g/mol. The Balaban J connectivity index is 2.12. The summed E-state index contributed by atoms with van der Waals surface area (Å²) >= 11 is 1.45. The van der Waals surface area contributed by atoms with E-state index in [1.165, 1.54) is 30.6 Å². The highest BCUT2D eigenvalue weighted by molar-refractivity contribution is 7.12. The highest BCUT2D eigenvalue weighted by atomic mass is 32.1. The van der Waals surface area contributed by atoms with Crippen molar-refractivity contribution in [3.05, 3.63) is 22.4 Å². The van der Waals surface area contributed by atoms with Crippen molar-refractivity contribution in [1.82, 2.24) is 0 Å². The Morgan fingerprint density at radius 1 is 1.35 bits per heavy atom. The van der Waals surface area contributed by atoms with Gasteiger partial charge in [0.1, 0.15) is 0 Å². The summed E-state index contributed by atoms with van der Waals surface area (Å²) in [5, 5.41) is 11.7. The van der Waals surface area contributed by atoms with E-state index in [-0.39, 0.29) is 12.2 Å². The molecule has 0 bridgehead atoms. The second-order valence-electron chi connectivity index (χ2n) is 4.46. The van der Waals surface area contributed by atoms with Gasteiger partial charge in [-0.1, -0.05) is 45.1 Å². The van der Waals surface area contributed by atoms with Crippen molar-refractivity contribution >= 4 is 17.1 Å². The number of carbonyl (C=O) groups is 1. The molecule has 1 atom stereocenters. The second kappa shape index (κ2) is 8.43. The van der Waals surface area contributed by atoms with Gasteiger partial charge in [0.25, 0.3) is 0 Å². The number of carbonyl (C=O) groups excluding carboxylic acids is 1. The molecule has 96 valence electrons. The lowest BCUT2D eigenvalue weighted by Crippen LogP contribution is -2.12. The average Bonchev–Trinajstić information content (AvgIpc) is 2.82. The Hall–Kier alpha value is -0.670. The van der Waals surface area contributed by atoms with Crippen LogP contribution in [0.2, 0.25) is 0 Å². The number of ketones is 1.